The van der Waals surface area contributed by atoms with E-state index in [-0.39, 0.29) is 11.6 Å². The fourth-order valence-electron chi connectivity index (χ4n) is 2.97. The first-order valence-corrected chi connectivity index (χ1v) is 8.67. The molecule has 0 N–H and O–H groups in total. The highest BCUT2D eigenvalue weighted by Gasteiger charge is 2.23. The number of halogens is 2. The zero-order valence-electron chi connectivity index (χ0n) is 10.7. The fourth-order valence-corrected chi connectivity index (χ4v) is 3.58. The second kappa shape index (κ2) is 5.41. The molecule has 0 heterocycles. The first-order valence-electron chi connectivity index (χ1n) is 6.43. The molecule has 2 aromatic carbocycles. The third-order valence-corrected chi connectivity index (χ3v) is 4.88. The molecule has 0 spiro atoms. The van der Waals surface area contributed by atoms with Crippen LogP contribution in [-0.4, -0.2) is 22.2 Å². The molecule has 3 rings (SSSR count). The van der Waals surface area contributed by atoms with Gasteiger partial charge in [0.15, 0.2) is 11.6 Å². The maximum atomic E-state index is 12.0. The van der Waals surface area contributed by atoms with Crippen molar-refractivity contribution >= 4 is 54.2 Å². The van der Waals surface area contributed by atoms with E-state index in [0.29, 0.717) is 10.7 Å². The fraction of sp³-hybridized carbons (Fsp3) is 0.250. The lowest BCUT2D eigenvalue weighted by Crippen LogP contribution is -2.05. The molecule has 0 amide bonds. The number of carbonyl (C=O) groups is 2. The lowest BCUT2D eigenvalue weighted by molar-refractivity contribution is 0.101. The van der Waals surface area contributed by atoms with E-state index in [1.54, 1.807) is 0 Å². The van der Waals surface area contributed by atoms with Gasteiger partial charge in [0.05, 0.1) is 10.7 Å². The smallest absolute Gasteiger partial charge is 0.173 e. The first kappa shape index (κ1) is 14.0. The summed E-state index contributed by atoms with van der Waals surface area (Å²) in [5.41, 5.74) is 3.87. The van der Waals surface area contributed by atoms with Gasteiger partial charge < -0.3 is 0 Å². The number of carbonyl (C=O) groups excluding carboxylic acids is 2. The molecule has 1 aliphatic carbocycles. The number of Topliss-reactive ketones (excluding diaryl/α,β-unsaturated/α-hetero) is 2. The second-order valence-electron chi connectivity index (χ2n) is 4.90. The molecule has 20 heavy (non-hydrogen) atoms. The van der Waals surface area contributed by atoms with Crippen molar-refractivity contribution in [3.63, 3.8) is 0 Å². The minimum absolute atomic E-state index is 0.0777. The van der Waals surface area contributed by atoms with Crippen molar-refractivity contribution in [2.24, 2.45) is 0 Å². The van der Waals surface area contributed by atoms with Crippen molar-refractivity contribution in [3.05, 3.63) is 46.5 Å². The van der Waals surface area contributed by atoms with Crippen LogP contribution in [0.4, 0.5) is 0 Å². The minimum atomic E-state index is 0.0777. The standard InChI is InChI=1S/C16H12Br2O2/c17-7-14(19)10-3-1-9-2-4-12-11(15(20)8-18)5-6-13(10)16(9)12/h1,3,5-6H,2,4,7-8H2. The summed E-state index contributed by atoms with van der Waals surface area (Å²) in [5.74, 6) is 0.181. The predicted octanol–water partition coefficient (Wildman–Crippen LogP) is 4.09. The van der Waals surface area contributed by atoms with Gasteiger partial charge in [-0.1, -0.05) is 56.1 Å². The summed E-state index contributed by atoms with van der Waals surface area (Å²) in [4.78, 5) is 24.0. The summed E-state index contributed by atoms with van der Waals surface area (Å²) in [7, 11) is 0. The number of aryl methyl sites for hydroxylation is 2. The van der Waals surface area contributed by atoms with Crippen molar-refractivity contribution < 1.29 is 9.59 Å². The zero-order valence-corrected chi connectivity index (χ0v) is 13.9. The number of alkyl halides is 2. The maximum Gasteiger partial charge on any atom is 0.173 e. The van der Waals surface area contributed by atoms with Crippen LogP contribution in [0.3, 0.4) is 0 Å². The Bertz CT molecular complexity index is 735. The van der Waals surface area contributed by atoms with E-state index < -0.39 is 0 Å². The van der Waals surface area contributed by atoms with Gasteiger partial charge >= 0.3 is 0 Å². The quantitative estimate of drug-likeness (QED) is 0.577. The zero-order chi connectivity index (χ0) is 14.3. The van der Waals surface area contributed by atoms with Crippen LogP contribution in [0.2, 0.25) is 0 Å². The molecule has 0 saturated carbocycles. The summed E-state index contributed by atoms with van der Waals surface area (Å²) in [5, 5.41) is 2.74. The van der Waals surface area contributed by atoms with Gasteiger partial charge in [-0.05, 0) is 34.7 Å². The molecule has 1 aliphatic rings. The van der Waals surface area contributed by atoms with Crippen LogP contribution < -0.4 is 0 Å². The highest BCUT2D eigenvalue weighted by atomic mass is 79.9. The Kier molecular flexibility index (Phi) is 3.78. The van der Waals surface area contributed by atoms with E-state index in [0.717, 1.165) is 40.3 Å². The van der Waals surface area contributed by atoms with Gasteiger partial charge in [-0.15, -0.1) is 0 Å². The van der Waals surface area contributed by atoms with Gasteiger partial charge in [-0.25, -0.2) is 0 Å². The first-order chi connectivity index (χ1) is 9.67. The molecule has 0 fully saturated rings. The molecular formula is C16H12Br2O2. The van der Waals surface area contributed by atoms with Crippen LogP contribution in [0.25, 0.3) is 10.8 Å². The van der Waals surface area contributed by atoms with E-state index in [1.807, 2.05) is 24.3 Å². The Morgan fingerprint density at radius 2 is 1.55 bits per heavy atom. The molecule has 2 nitrogen and oxygen atoms in total. The van der Waals surface area contributed by atoms with Crippen molar-refractivity contribution in [3.8, 4) is 0 Å². The molecule has 102 valence electrons. The van der Waals surface area contributed by atoms with E-state index in [4.69, 9.17) is 0 Å². The normalized spacial score (nSPS) is 12.9. The summed E-state index contributed by atoms with van der Waals surface area (Å²) in [6.07, 6.45) is 1.83. The Morgan fingerprint density at radius 3 is 2.25 bits per heavy atom. The summed E-state index contributed by atoms with van der Waals surface area (Å²) >= 11 is 6.46. The molecular weight excluding hydrogens is 384 g/mol. The number of benzene rings is 2. The van der Waals surface area contributed by atoms with Gasteiger partial charge in [0.25, 0.3) is 0 Å². The molecule has 0 aliphatic heterocycles. The predicted molar refractivity (Wildman–Crippen MR) is 87.6 cm³/mol. The molecule has 0 unspecified atom stereocenters. The van der Waals surface area contributed by atoms with Crippen molar-refractivity contribution in [2.75, 3.05) is 10.7 Å². The molecule has 0 saturated heterocycles. The maximum absolute atomic E-state index is 12.0. The van der Waals surface area contributed by atoms with Crippen LogP contribution in [0.1, 0.15) is 31.8 Å². The van der Waals surface area contributed by atoms with E-state index >= 15 is 0 Å². The Labute approximate surface area is 133 Å². The molecule has 0 atom stereocenters. The summed E-state index contributed by atoms with van der Waals surface area (Å²) in [6.45, 7) is 0. The van der Waals surface area contributed by atoms with E-state index in [1.165, 1.54) is 5.56 Å². The van der Waals surface area contributed by atoms with Crippen molar-refractivity contribution in [1.29, 1.82) is 0 Å². The van der Waals surface area contributed by atoms with Gasteiger partial charge in [-0.3, -0.25) is 9.59 Å². The molecule has 2 aromatic rings. The van der Waals surface area contributed by atoms with Crippen molar-refractivity contribution in [2.45, 2.75) is 12.8 Å². The molecule has 0 radical (unpaired) electrons. The third kappa shape index (κ3) is 2.06. The van der Waals surface area contributed by atoms with Crippen LogP contribution in [0.15, 0.2) is 24.3 Å². The van der Waals surface area contributed by atoms with Crippen LogP contribution in [0, 0.1) is 0 Å². The monoisotopic (exact) mass is 394 g/mol. The van der Waals surface area contributed by atoms with E-state index in [9.17, 15) is 9.59 Å². The summed E-state index contributed by atoms with van der Waals surface area (Å²) in [6, 6.07) is 7.71. The number of hydrogen-bond acceptors (Lipinski definition) is 2. The average Bonchev–Trinajstić information content (AvgIpc) is 2.92. The average molecular weight is 396 g/mol. The topological polar surface area (TPSA) is 34.1 Å². The SMILES string of the molecule is O=C(CBr)c1ccc2c(C(=O)CBr)ccc3c2c1CC3. The molecule has 0 aromatic heterocycles. The Morgan fingerprint density at radius 1 is 0.900 bits per heavy atom. The highest BCUT2D eigenvalue weighted by Crippen LogP contribution is 2.35. The van der Waals surface area contributed by atoms with Crippen LogP contribution in [-0.2, 0) is 12.8 Å². The lowest BCUT2D eigenvalue weighted by atomic mass is 9.94. The van der Waals surface area contributed by atoms with E-state index in [2.05, 4.69) is 31.9 Å². The van der Waals surface area contributed by atoms with Crippen LogP contribution in [0.5, 0.6) is 0 Å². The summed E-state index contributed by atoms with van der Waals surface area (Å²) < 4.78 is 0. The highest BCUT2D eigenvalue weighted by molar-refractivity contribution is 9.09. The van der Waals surface area contributed by atoms with Crippen LogP contribution >= 0.6 is 31.9 Å². The second-order valence-corrected chi connectivity index (χ2v) is 6.02. The minimum Gasteiger partial charge on any atom is -0.293 e. The Balaban J connectivity index is 2.32. The largest absolute Gasteiger partial charge is 0.293 e. The third-order valence-electron chi connectivity index (χ3n) is 3.86. The number of rotatable bonds is 4. The Hall–Kier alpha value is -1.00. The van der Waals surface area contributed by atoms with Gasteiger partial charge in [0, 0.05) is 11.1 Å². The van der Waals surface area contributed by atoms with Crippen molar-refractivity contribution in [1.82, 2.24) is 0 Å². The van der Waals surface area contributed by atoms with Gasteiger partial charge in [0.2, 0.25) is 0 Å². The molecule has 0 bridgehead atoms. The lowest BCUT2D eigenvalue weighted by Gasteiger charge is -2.10. The molecule has 4 heteroatoms. The van der Waals surface area contributed by atoms with Gasteiger partial charge in [0.1, 0.15) is 0 Å². The number of ketones is 2. The number of hydrogen-bond donors (Lipinski definition) is 0. The van der Waals surface area contributed by atoms with Gasteiger partial charge in [-0.2, -0.15) is 0 Å².